The topological polar surface area (TPSA) is 15.3 Å². The van der Waals surface area contributed by atoms with Gasteiger partial charge in [-0.15, -0.1) is 12.4 Å². The lowest BCUT2D eigenvalue weighted by molar-refractivity contribution is 0.166. The number of hydrogen-bond acceptors (Lipinski definition) is 2. The van der Waals surface area contributed by atoms with E-state index in [4.69, 9.17) is 0 Å². The highest BCUT2D eigenvalue weighted by atomic mass is 35.5. The van der Waals surface area contributed by atoms with E-state index in [2.05, 4.69) is 55.4 Å². The highest BCUT2D eigenvalue weighted by Crippen LogP contribution is 2.29. The van der Waals surface area contributed by atoms with Crippen molar-refractivity contribution >= 4 is 12.4 Å². The van der Waals surface area contributed by atoms with E-state index < -0.39 is 0 Å². The third-order valence-corrected chi connectivity index (χ3v) is 5.15. The molecule has 2 atom stereocenters. The van der Waals surface area contributed by atoms with Gasteiger partial charge >= 0.3 is 0 Å². The molecule has 3 heteroatoms. The fourth-order valence-electron chi connectivity index (χ4n) is 3.81. The van der Waals surface area contributed by atoms with Crippen molar-refractivity contribution in [3.63, 3.8) is 0 Å². The number of rotatable bonds is 4. The van der Waals surface area contributed by atoms with Crippen molar-refractivity contribution in [3.8, 4) is 0 Å². The minimum atomic E-state index is 0. The molecule has 2 unspecified atom stereocenters. The van der Waals surface area contributed by atoms with Crippen molar-refractivity contribution in [2.45, 2.75) is 70.1 Å². The Morgan fingerprint density at radius 3 is 2.19 bits per heavy atom. The number of halogens is 1. The van der Waals surface area contributed by atoms with E-state index >= 15 is 0 Å². The quantitative estimate of drug-likeness (QED) is 0.906. The summed E-state index contributed by atoms with van der Waals surface area (Å²) in [5.41, 5.74) is 2.89. The molecule has 1 aromatic carbocycles. The van der Waals surface area contributed by atoms with Crippen LogP contribution in [0.5, 0.6) is 0 Å². The van der Waals surface area contributed by atoms with Crippen molar-refractivity contribution in [3.05, 3.63) is 35.4 Å². The van der Waals surface area contributed by atoms with Gasteiger partial charge in [-0.3, -0.25) is 4.90 Å². The Morgan fingerprint density at radius 2 is 1.67 bits per heavy atom. The maximum absolute atomic E-state index is 3.73. The van der Waals surface area contributed by atoms with Crippen molar-refractivity contribution in [1.82, 2.24) is 10.2 Å². The van der Waals surface area contributed by atoms with Gasteiger partial charge in [0.05, 0.1) is 0 Å². The molecule has 0 amide bonds. The first-order chi connectivity index (χ1) is 9.61. The monoisotopic (exact) mass is 308 g/mol. The largest absolute Gasteiger partial charge is 0.311 e. The molecule has 2 nitrogen and oxygen atoms in total. The molecular weight excluding hydrogens is 280 g/mol. The van der Waals surface area contributed by atoms with Gasteiger partial charge in [-0.25, -0.2) is 0 Å². The summed E-state index contributed by atoms with van der Waals surface area (Å²) in [6, 6.07) is 11.5. The normalized spacial score (nSPS) is 28.0. The molecule has 1 N–H and O–H groups in total. The smallest absolute Gasteiger partial charge is 0.0233 e. The van der Waals surface area contributed by atoms with Crippen molar-refractivity contribution < 1.29 is 0 Å². The van der Waals surface area contributed by atoms with Crippen LogP contribution in [0.4, 0.5) is 0 Å². The van der Waals surface area contributed by atoms with Gasteiger partial charge < -0.3 is 5.32 Å². The number of benzene rings is 1. The van der Waals surface area contributed by atoms with E-state index in [0.717, 1.165) is 24.7 Å². The van der Waals surface area contributed by atoms with Crippen LogP contribution in [0.25, 0.3) is 0 Å². The van der Waals surface area contributed by atoms with E-state index in [9.17, 15) is 0 Å². The number of hydrogen-bond donors (Lipinski definition) is 1. The van der Waals surface area contributed by atoms with Crippen LogP contribution >= 0.6 is 12.4 Å². The zero-order valence-electron chi connectivity index (χ0n) is 13.5. The summed E-state index contributed by atoms with van der Waals surface area (Å²) in [5.74, 6) is 0.627. The van der Waals surface area contributed by atoms with E-state index in [1.807, 2.05) is 0 Å². The molecule has 2 fully saturated rings. The zero-order chi connectivity index (χ0) is 14.1. The number of piperidine rings is 1. The summed E-state index contributed by atoms with van der Waals surface area (Å²) >= 11 is 0. The highest BCUT2D eigenvalue weighted by molar-refractivity contribution is 5.85. The third-order valence-electron chi connectivity index (χ3n) is 5.15. The molecule has 3 rings (SSSR count). The van der Waals surface area contributed by atoms with Crippen LogP contribution in [0.2, 0.25) is 0 Å². The van der Waals surface area contributed by atoms with Gasteiger partial charge in [0.15, 0.2) is 0 Å². The first kappa shape index (κ1) is 16.8. The Labute approximate surface area is 135 Å². The second kappa shape index (κ2) is 7.13. The standard InChI is InChI=1S/C18H28N2.ClH/c1-13(2)15-6-4-14(5-7-15)12-20(3)18-10-16-8-9-17(11-18)19-16;/h4-7,13,16-19H,8-12H2,1-3H3;1H. The summed E-state index contributed by atoms with van der Waals surface area (Å²) in [4.78, 5) is 2.57. The van der Waals surface area contributed by atoms with Gasteiger partial charge in [-0.2, -0.15) is 0 Å². The maximum Gasteiger partial charge on any atom is 0.0233 e. The average Bonchev–Trinajstić information content (AvgIpc) is 2.78. The lowest BCUT2D eigenvalue weighted by atomic mass is 9.97. The van der Waals surface area contributed by atoms with Crippen LogP contribution in [0.1, 0.15) is 56.6 Å². The molecule has 2 aliphatic rings. The molecule has 118 valence electrons. The molecular formula is C18H29ClN2. The Hall–Kier alpha value is -0.570. The van der Waals surface area contributed by atoms with Gasteiger partial charge in [0.2, 0.25) is 0 Å². The first-order valence-corrected chi connectivity index (χ1v) is 8.17. The lowest BCUT2D eigenvalue weighted by Gasteiger charge is -2.35. The van der Waals surface area contributed by atoms with Gasteiger partial charge in [0.25, 0.3) is 0 Å². The van der Waals surface area contributed by atoms with Crippen LogP contribution in [-0.4, -0.2) is 30.1 Å². The predicted molar refractivity (Wildman–Crippen MR) is 92.2 cm³/mol. The molecule has 0 saturated carbocycles. The minimum absolute atomic E-state index is 0. The number of nitrogens with zero attached hydrogens (tertiary/aromatic N) is 1. The second-order valence-electron chi connectivity index (χ2n) is 7.07. The summed E-state index contributed by atoms with van der Waals surface area (Å²) in [5, 5.41) is 3.73. The van der Waals surface area contributed by atoms with E-state index in [-0.39, 0.29) is 12.4 Å². The molecule has 2 bridgehead atoms. The van der Waals surface area contributed by atoms with E-state index in [0.29, 0.717) is 5.92 Å². The zero-order valence-corrected chi connectivity index (χ0v) is 14.3. The van der Waals surface area contributed by atoms with Gasteiger partial charge in [0.1, 0.15) is 0 Å². The summed E-state index contributed by atoms with van der Waals surface area (Å²) in [6.07, 6.45) is 5.43. The molecule has 1 aromatic rings. The van der Waals surface area contributed by atoms with Gasteiger partial charge in [0, 0.05) is 24.7 Å². The van der Waals surface area contributed by atoms with Gasteiger partial charge in [-0.1, -0.05) is 38.1 Å². The van der Waals surface area contributed by atoms with Gasteiger partial charge in [-0.05, 0) is 49.8 Å². The molecule has 0 spiro atoms. The Bertz CT molecular complexity index is 431. The number of fused-ring (bicyclic) bond motifs is 2. The Balaban J connectivity index is 0.00000161. The molecule has 2 heterocycles. The van der Waals surface area contributed by atoms with Crippen LogP contribution in [0, 0.1) is 0 Å². The SMILES string of the molecule is CC(C)c1ccc(CN(C)C2CC3CCC(C2)N3)cc1.Cl. The second-order valence-corrected chi connectivity index (χ2v) is 7.07. The molecule has 2 saturated heterocycles. The Kier molecular flexibility index (Phi) is 5.70. The summed E-state index contributed by atoms with van der Waals surface area (Å²) < 4.78 is 0. The number of nitrogens with one attached hydrogen (secondary N) is 1. The van der Waals surface area contributed by atoms with Crippen molar-refractivity contribution in [2.24, 2.45) is 0 Å². The first-order valence-electron chi connectivity index (χ1n) is 8.17. The van der Waals surface area contributed by atoms with Crippen LogP contribution in [-0.2, 0) is 6.54 Å². The minimum Gasteiger partial charge on any atom is -0.311 e. The van der Waals surface area contributed by atoms with Crippen LogP contribution < -0.4 is 5.32 Å². The predicted octanol–water partition coefficient (Wildman–Crippen LogP) is 3.95. The fraction of sp³-hybridized carbons (Fsp3) is 0.667. The fourth-order valence-corrected chi connectivity index (χ4v) is 3.81. The molecule has 0 radical (unpaired) electrons. The van der Waals surface area contributed by atoms with E-state index in [1.165, 1.54) is 36.8 Å². The van der Waals surface area contributed by atoms with Crippen molar-refractivity contribution in [1.29, 1.82) is 0 Å². The molecule has 0 aromatic heterocycles. The van der Waals surface area contributed by atoms with Crippen LogP contribution in [0.3, 0.4) is 0 Å². The molecule has 21 heavy (non-hydrogen) atoms. The third kappa shape index (κ3) is 4.00. The maximum atomic E-state index is 3.73. The molecule has 2 aliphatic heterocycles. The van der Waals surface area contributed by atoms with Crippen molar-refractivity contribution in [2.75, 3.05) is 7.05 Å². The molecule has 0 aliphatic carbocycles. The Morgan fingerprint density at radius 1 is 1.10 bits per heavy atom. The highest BCUT2D eigenvalue weighted by Gasteiger charge is 2.34. The average molecular weight is 309 g/mol. The summed E-state index contributed by atoms with van der Waals surface area (Å²) in [7, 11) is 2.30. The van der Waals surface area contributed by atoms with Crippen LogP contribution in [0.15, 0.2) is 24.3 Å². The van der Waals surface area contributed by atoms with E-state index in [1.54, 1.807) is 0 Å². The summed E-state index contributed by atoms with van der Waals surface area (Å²) in [6.45, 7) is 5.60. The lowest BCUT2D eigenvalue weighted by Crippen LogP contribution is -2.46.